The van der Waals surface area contributed by atoms with Crippen LogP contribution in [-0.4, -0.2) is 37.2 Å². The topological polar surface area (TPSA) is 38.5 Å². The number of nitrogens with two attached hydrogens (primary N) is 1. The van der Waals surface area contributed by atoms with Crippen LogP contribution in [-0.2, 0) is 11.3 Å². The minimum absolute atomic E-state index is 0.141. The molecule has 1 saturated heterocycles. The Balaban J connectivity index is 2.02. The summed E-state index contributed by atoms with van der Waals surface area (Å²) >= 11 is 1.81. The lowest BCUT2D eigenvalue weighted by molar-refractivity contribution is -0.0160. The maximum atomic E-state index is 5.97. The van der Waals surface area contributed by atoms with Crippen LogP contribution in [0.4, 0.5) is 0 Å². The zero-order chi connectivity index (χ0) is 11.4. The molecular weight excluding hydrogens is 220 g/mol. The number of likely N-dealkylation sites (N-methyl/N-ethyl adjacent to an activating group) is 1. The quantitative estimate of drug-likeness (QED) is 0.870. The van der Waals surface area contributed by atoms with Crippen LogP contribution >= 0.6 is 11.3 Å². The Morgan fingerprint density at radius 1 is 1.50 bits per heavy atom. The van der Waals surface area contributed by atoms with Gasteiger partial charge in [-0.3, -0.25) is 4.90 Å². The molecule has 0 radical (unpaired) electrons. The van der Waals surface area contributed by atoms with Crippen LogP contribution in [0.1, 0.15) is 17.7 Å². The number of rotatable bonds is 4. The van der Waals surface area contributed by atoms with Crippen LogP contribution in [0.2, 0.25) is 0 Å². The summed E-state index contributed by atoms with van der Waals surface area (Å²) in [5.41, 5.74) is 6.12. The Morgan fingerprint density at radius 2 is 2.25 bits per heavy atom. The molecule has 1 aromatic rings. The predicted octanol–water partition coefficient (Wildman–Crippen LogP) is 1.69. The molecule has 16 heavy (non-hydrogen) atoms. The lowest BCUT2D eigenvalue weighted by Crippen LogP contribution is -2.54. The molecule has 4 heteroatoms. The van der Waals surface area contributed by atoms with Gasteiger partial charge in [0.25, 0.3) is 0 Å². The van der Waals surface area contributed by atoms with Crippen LogP contribution in [0.3, 0.4) is 0 Å². The van der Waals surface area contributed by atoms with Gasteiger partial charge < -0.3 is 10.5 Å². The molecule has 3 nitrogen and oxygen atoms in total. The van der Waals surface area contributed by atoms with Crippen molar-refractivity contribution >= 4 is 11.3 Å². The van der Waals surface area contributed by atoms with E-state index < -0.39 is 0 Å². The number of nitrogens with zero attached hydrogens (tertiary/aromatic N) is 1. The van der Waals surface area contributed by atoms with Gasteiger partial charge >= 0.3 is 0 Å². The Bertz CT molecular complexity index is 307. The van der Waals surface area contributed by atoms with E-state index in [1.807, 2.05) is 11.3 Å². The van der Waals surface area contributed by atoms with Gasteiger partial charge in [-0.25, -0.2) is 0 Å². The van der Waals surface area contributed by atoms with E-state index >= 15 is 0 Å². The second-order valence-corrected chi connectivity index (χ2v) is 5.51. The maximum absolute atomic E-state index is 5.97. The van der Waals surface area contributed by atoms with Crippen molar-refractivity contribution < 1.29 is 4.74 Å². The number of ether oxygens (including phenoxy) is 1. The Morgan fingerprint density at radius 3 is 2.81 bits per heavy atom. The van der Waals surface area contributed by atoms with Gasteiger partial charge in [0.2, 0.25) is 0 Å². The van der Waals surface area contributed by atoms with Crippen LogP contribution in [0.25, 0.3) is 0 Å². The van der Waals surface area contributed by atoms with Crippen molar-refractivity contribution in [3.05, 3.63) is 22.4 Å². The van der Waals surface area contributed by atoms with Crippen molar-refractivity contribution in [1.82, 2.24) is 4.90 Å². The smallest absolute Gasteiger partial charge is 0.0484 e. The second kappa shape index (κ2) is 5.27. The molecule has 1 aliphatic rings. The fraction of sp³-hybridized carbons (Fsp3) is 0.667. The summed E-state index contributed by atoms with van der Waals surface area (Å²) in [6.07, 6.45) is 2.09. The Hall–Kier alpha value is -0.420. The summed E-state index contributed by atoms with van der Waals surface area (Å²) in [5, 5.41) is 2.13. The van der Waals surface area contributed by atoms with Crippen molar-refractivity contribution in [3.63, 3.8) is 0 Å². The van der Waals surface area contributed by atoms with Crippen molar-refractivity contribution in [2.45, 2.75) is 24.9 Å². The first-order valence-electron chi connectivity index (χ1n) is 5.78. The van der Waals surface area contributed by atoms with E-state index in [2.05, 4.69) is 29.5 Å². The van der Waals surface area contributed by atoms with Crippen molar-refractivity contribution in [2.24, 2.45) is 5.73 Å². The summed E-state index contributed by atoms with van der Waals surface area (Å²) in [6, 6.07) is 4.29. The van der Waals surface area contributed by atoms with E-state index in [0.717, 1.165) is 39.1 Å². The average molecular weight is 240 g/mol. The zero-order valence-corrected chi connectivity index (χ0v) is 10.6. The highest BCUT2D eigenvalue weighted by Gasteiger charge is 2.35. The average Bonchev–Trinajstić information content (AvgIpc) is 2.82. The molecule has 1 aromatic heterocycles. The van der Waals surface area contributed by atoms with Crippen molar-refractivity contribution in [2.75, 3.05) is 26.8 Å². The van der Waals surface area contributed by atoms with Gasteiger partial charge in [-0.2, -0.15) is 0 Å². The van der Waals surface area contributed by atoms with Crippen molar-refractivity contribution in [1.29, 1.82) is 0 Å². The molecular formula is C12H20N2OS. The van der Waals surface area contributed by atoms with Crippen LogP contribution in [0.15, 0.2) is 17.5 Å². The molecule has 0 atom stereocenters. The van der Waals surface area contributed by atoms with Gasteiger partial charge in [0.1, 0.15) is 0 Å². The second-order valence-electron chi connectivity index (χ2n) is 4.48. The molecule has 0 bridgehead atoms. The van der Waals surface area contributed by atoms with E-state index in [0.29, 0.717) is 0 Å². The monoisotopic (exact) mass is 240 g/mol. The zero-order valence-electron chi connectivity index (χ0n) is 9.82. The van der Waals surface area contributed by atoms with Crippen LogP contribution < -0.4 is 5.73 Å². The third kappa shape index (κ3) is 2.46. The molecule has 1 aliphatic heterocycles. The molecule has 0 spiro atoms. The molecule has 0 unspecified atom stereocenters. The molecule has 2 rings (SSSR count). The van der Waals surface area contributed by atoms with E-state index in [4.69, 9.17) is 10.5 Å². The first-order chi connectivity index (χ1) is 7.77. The number of hydrogen-bond donors (Lipinski definition) is 1. The largest absolute Gasteiger partial charge is 0.381 e. The third-order valence-corrected chi connectivity index (χ3v) is 4.45. The minimum Gasteiger partial charge on any atom is -0.381 e. The van der Waals surface area contributed by atoms with E-state index in [1.54, 1.807) is 0 Å². The SMILES string of the molecule is CN(Cc1cccs1)C1(CN)CCOCC1. The van der Waals surface area contributed by atoms with Gasteiger partial charge in [-0.1, -0.05) is 6.07 Å². The Labute approximate surface area is 101 Å². The summed E-state index contributed by atoms with van der Waals surface area (Å²) in [6.45, 7) is 3.39. The number of hydrogen-bond acceptors (Lipinski definition) is 4. The van der Waals surface area contributed by atoms with E-state index in [-0.39, 0.29) is 5.54 Å². The lowest BCUT2D eigenvalue weighted by Gasteiger charge is -2.43. The summed E-state index contributed by atoms with van der Waals surface area (Å²) in [4.78, 5) is 3.81. The lowest BCUT2D eigenvalue weighted by atomic mass is 9.88. The minimum atomic E-state index is 0.141. The van der Waals surface area contributed by atoms with E-state index in [9.17, 15) is 0 Å². The van der Waals surface area contributed by atoms with Gasteiger partial charge in [-0.15, -0.1) is 11.3 Å². The van der Waals surface area contributed by atoms with Gasteiger partial charge in [-0.05, 0) is 31.3 Å². The predicted molar refractivity (Wildman–Crippen MR) is 67.6 cm³/mol. The molecule has 0 aliphatic carbocycles. The van der Waals surface area contributed by atoms with E-state index in [1.165, 1.54) is 4.88 Å². The highest BCUT2D eigenvalue weighted by atomic mass is 32.1. The first-order valence-corrected chi connectivity index (χ1v) is 6.66. The molecule has 90 valence electrons. The molecule has 0 saturated carbocycles. The number of thiophene rings is 1. The fourth-order valence-corrected chi connectivity index (χ4v) is 3.05. The molecule has 2 N–H and O–H groups in total. The van der Waals surface area contributed by atoms with Gasteiger partial charge in [0.15, 0.2) is 0 Å². The van der Waals surface area contributed by atoms with Crippen LogP contribution in [0.5, 0.6) is 0 Å². The molecule has 0 amide bonds. The highest BCUT2D eigenvalue weighted by molar-refractivity contribution is 7.09. The highest BCUT2D eigenvalue weighted by Crippen LogP contribution is 2.27. The summed E-state index contributed by atoms with van der Waals surface area (Å²) in [7, 11) is 2.18. The Kier molecular flexibility index (Phi) is 3.97. The molecule has 0 aromatic carbocycles. The van der Waals surface area contributed by atoms with Gasteiger partial charge in [0, 0.05) is 36.7 Å². The standard InChI is InChI=1S/C12H20N2OS/c1-14(9-11-3-2-8-16-11)12(10-13)4-6-15-7-5-12/h2-3,8H,4-7,9-10,13H2,1H3. The maximum Gasteiger partial charge on any atom is 0.0484 e. The summed E-state index contributed by atoms with van der Waals surface area (Å²) in [5.74, 6) is 0. The fourth-order valence-electron chi connectivity index (χ4n) is 2.30. The normalized spacial score (nSPS) is 20.2. The first kappa shape index (κ1) is 12.0. The van der Waals surface area contributed by atoms with Gasteiger partial charge in [0.05, 0.1) is 0 Å². The van der Waals surface area contributed by atoms with Crippen molar-refractivity contribution in [3.8, 4) is 0 Å². The van der Waals surface area contributed by atoms with Crippen LogP contribution in [0, 0.1) is 0 Å². The molecule has 2 heterocycles. The third-order valence-electron chi connectivity index (χ3n) is 3.59. The summed E-state index contributed by atoms with van der Waals surface area (Å²) < 4.78 is 5.43. The molecule has 1 fully saturated rings.